The van der Waals surface area contributed by atoms with Crippen LogP contribution in [0.5, 0.6) is 0 Å². The topological polar surface area (TPSA) is 37.4 Å². The highest BCUT2D eigenvalue weighted by atomic mass is 79.9. The molecule has 0 bridgehead atoms. The van der Waals surface area contributed by atoms with Gasteiger partial charge in [0.1, 0.15) is 16.9 Å². The number of carbonyl (C=O) groups is 2. The lowest BCUT2D eigenvalue weighted by Gasteiger charge is -2.26. The first-order valence-corrected chi connectivity index (χ1v) is 8.81. The molecule has 1 amide bonds. The zero-order valence-electron chi connectivity index (χ0n) is 13.9. The van der Waals surface area contributed by atoms with Crippen molar-refractivity contribution in [1.29, 1.82) is 0 Å². The number of anilines is 1. The maximum absolute atomic E-state index is 13.9. The quantitative estimate of drug-likeness (QED) is 0.566. The Bertz CT molecular complexity index is 891. The molecule has 0 saturated heterocycles. The van der Waals surface area contributed by atoms with Crippen LogP contribution in [0.4, 0.5) is 10.1 Å². The van der Waals surface area contributed by atoms with E-state index < -0.39 is 4.83 Å². The van der Waals surface area contributed by atoms with Gasteiger partial charge in [-0.1, -0.05) is 46.3 Å². The van der Waals surface area contributed by atoms with Crippen molar-refractivity contribution in [3.63, 3.8) is 0 Å². The van der Waals surface area contributed by atoms with E-state index in [1.807, 2.05) is 31.2 Å². The van der Waals surface area contributed by atoms with Crippen molar-refractivity contribution in [2.75, 3.05) is 4.90 Å². The molecule has 0 spiro atoms. The minimum absolute atomic E-state index is 0.232. The number of alkyl halides is 1. The molecule has 1 aliphatic heterocycles. The number of aldehydes is 1. The fourth-order valence-electron chi connectivity index (χ4n) is 2.98. The summed E-state index contributed by atoms with van der Waals surface area (Å²) >= 11 is 3.33. The summed E-state index contributed by atoms with van der Waals surface area (Å²) in [5.74, 6) is -0.542. The summed E-state index contributed by atoms with van der Waals surface area (Å²) < 4.78 is 13.9. The highest BCUT2D eigenvalue weighted by molar-refractivity contribution is 9.10. The zero-order valence-corrected chi connectivity index (χ0v) is 15.5. The average Bonchev–Trinajstić information content (AvgIpc) is 2.69. The highest BCUT2D eigenvalue weighted by Gasteiger charge is 2.31. The molecule has 1 aliphatic rings. The number of fused-ring (bicyclic) bond motifs is 1. The van der Waals surface area contributed by atoms with Crippen molar-refractivity contribution >= 4 is 39.9 Å². The first kappa shape index (κ1) is 17.5. The maximum Gasteiger partial charge on any atom is 0.245 e. The standard InChI is InChI=1S/C20H17BrFNO2/c1-12-6-7-14(8-17(12)22)10-23-19-13(2)4-3-5-15(19)9-16(11-24)18(21)20(23)25/h3-9,11,18H,10H2,1-2H3. The SMILES string of the molecule is Cc1ccc(CN2C(=O)C(Br)C(C=O)=Cc3cccc(C)c32)cc1F. The third-order valence-electron chi connectivity index (χ3n) is 4.35. The number of hydrogen-bond donors (Lipinski definition) is 0. The molecule has 3 nitrogen and oxygen atoms in total. The lowest BCUT2D eigenvalue weighted by atomic mass is 10.0. The molecule has 128 valence electrons. The lowest BCUT2D eigenvalue weighted by Crippen LogP contribution is -2.37. The van der Waals surface area contributed by atoms with Gasteiger partial charge in [0.2, 0.25) is 5.91 Å². The lowest BCUT2D eigenvalue weighted by molar-refractivity contribution is -0.118. The number of amides is 1. The molecule has 1 heterocycles. The maximum atomic E-state index is 13.9. The smallest absolute Gasteiger partial charge is 0.245 e. The van der Waals surface area contributed by atoms with E-state index in [1.165, 1.54) is 6.07 Å². The molecule has 2 aromatic rings. The number of halogens is 2. The number of rotatable bonds is 3. The largest absolute Gasteiger partial charge is 0.306 e. The molecule has 1 atom stereocenters. The molecule has 25 heavy (non-hydrogen) atoms. The minimum atomic E-state index is -0.730. The number of carbonyl (C=O) groups excluding carboxylic acids is 2. The average molecular weight is 402 g/mol. The number of para-hydroxylation sites is 1. The van der Waals surface area contributed by atoms with E-state index in [0.717, 1.165) is 16.8 Å². The predicted octanol–water partition coefficient (Wildman–Crippen LogP) is 4.34. The van der Waals surface area contributed by atoms with Crippen molar-refractivity contribution in [1.82, 2.24) is 0 Å². The predicted molar refractivity (Wildman–Crippen MR) is 100 cm³/mol. The van der Waals surface area contributed by atoms with E-state index in [-0.39, 0.29) is 18.3 Å². The zero-order chi connectivity index (χ0) is 18.1. The third kappa shape index (κ3) is 3.29. The van der Waals surface area contributed by atoms with Crippen molar-refractivity contribution in [3.8, 4) is 0 Å². The van der Waals surface area contributed by atoms with Crippen molar-refractivity contribution in [2.45, 2.75) is 25.2 Å². The fourth-order valence-corrected chi connectivity index (χ4v) is 3.46. The molecule has 1 unspecified atom stereocenters. The van der Waals surface area contributed by atoms with E-state index in [1.54, 1.807) is 24.0 Å². The number of hydrogen-bond acceptors (Lipinski definition) is 2. The van der Waals surface area contributed by atoms with E-state index in [2.05, 4.69) is 15.9 Å². The van der Waals surface area contributed by atoms with Gasteiger partial charge >= 0.3 is 0 Å². The Hall–Kier alpha value is -2.27. The Labute approximate surface area is 154 Å². The van der Waals surface area contributed by atoms with Gasteiger partial charge < -0.3 is 4.90 Å². The second-order valence-corrected chi connectivity index (χ2v) is 7.06. The molecular weight excluding hydrogens is 385 g/mol. The summed E-state index contributed by atoms with van der Waals surface area (Å²) in [5.41, 5.74) is 4.08. The highest BCUT2D eigenvalue weighted by Crippen LogP contribution is 2.34. The fraction of sp³-hybridized carbons (Fsp3) is 0.200. The monoisotopic (exact) mass is 401 g/mol. The molecule has 0 aromatic heterocycles. The Kier molecular flexibility index (Phi) is 4.86. The van der Waals surface area contributed by atoms with Crippen LogP contribution in [0.15, 0.2) is 42.0 Å². The molecule has 0 N–H and O–H groups in total. The van der Waals surface area contributed by atoms with Gasteiger partial charge in [-0.05, 0) is 48.2 Å². The molecular formula is C20H17BrFNO2. The number of aryl methyl sites for hydroxylation is 2. The van der Waals surface area contributed by atoms with Crippen LogP contribution in [0.3, 0.4) is 0 Å². The molecule has 0 saturated carbocycles. The summed E-state index contributed by atoms with van der Waals surface area (Å²) in [5, 5.41) is 0. The van der Waals surface area contributed by atoms with Crippen molar-refractivity contribution in [2.24, 2.45) is 0 Å². The second-order valence-electron chi connectivity index (χ2n) is 6.15. The van der Waals surface area contributed by atoms with Crippen LogP contribution in [0.1, 0.15) is 22.3 Å². The van der Waals surface area contributed by atoms with Gasteiger partial charge in [0, 0.05) is 5.57 Å². The van der Waals surface area contributed by atoms with Gasteiger partial charge in [-0.2, -0.15) is 0 Å². The van der Waals surface area contributed by atoms with Gasteiger partial charge in [-0.3, -0.25) is 9.59 Å². The van der Waals surface area contributed by atoms with Crippen LogP contribution in [-0.4, -0.2) is 17.0 Å². The summed E-state index contributed by atoms with van der Waals surface area (Å²) in [4.78, 5) is 25.2. The van der Waals surface area contributed by atoms with Crippen LogP contribution in [0.25, 0.3) is 6.08 Å². The Balaban J connectivity index is 2.11. The molecule has 0 radical (unpaired) electrons. The summed E-state index contributed by atoms with van der Waals surface area (Å²) in [6.07, 6.45) is 2.42. The first-order valence-electron chi connectivity index (χ1n) is 7.89. The van der Waals surface area contributed by atoms with Gasteiger partial charge in [0.25, 0.3) is 0 Å². The minimum Gasteiger partial charge on any atom is -0.306 e. The van der Waals surface area contributed by atoms with Crippen LogP contribution >= 0.6 is 15.9 Å². The summed E-state index contributed by atoms with van der Waals surface area (Å²) in [7, 11) is 0. The molecule has 3 rings (SSSR count). The van der Waals surface area contributed by atoms with Crippen molar-refractivity contribution < 1.29 is 14.0 Å². The van der Waals surface area contributed by atoms with Crippen LogP contribution < -0.4 is 4.90 Å². The number of nitrogens with zero attached hydrogens (tertiary/aromatic N) is 1. The second kappa shape index (κ2) is 6.92. The van der Waals surface area contributed by atoms with Gasteiger partial charge in [0.05, 0.1) is 12.2 Å². The summed E-state index contributed by atoms with van der Waals surface area (Å²) in [6, 6.07) is 10.6. The molecule has 2 aromatic carbocycles. The first-order chi connectivity index (χ1) is 11.9. The number of benzene rings is 2. The van der Waals surface area contributed by atoms with Gasteiger partial charge in [-0.25, -0.2) is 4.39 Å². The van der Waals surface area contributed by atoms with Crippen LogP contribution in [-0.2, 0) is 16.1 Å². The van der Waals surface area contributed by atoms with Gasteiger partial charge in [0.15, 0.2) is 0 Å². The molecule has 0 fully saturated rings. The molecule has 5 heteroatoms. The van der Waals surface area contributed by atoms with Crippen LogP contribution in [0.2, 0.25) is 0 Å². The van der Waals surface area contributed by atoms with E-state index >= 15 is 0 Å². The Morgan fingerprint density at radius 2 is 1.96 bits per heavy atom. The van der Waals surface area contributed by atoms with E-state index in [4.69, 9.17) is 0 Å². The van der Waals surface area contributed by atoms with Crippen LogP contribution in [0, 0.1) is 19.7 Å². The van der Waals surface area contributed by atoms with E-state index in [9.17, 15) is 14.0 Å². The Morgan fingerprint density at radius 3 is 2.64 bits per heavy atom. The van der Waals surface area contributed by atoms with Gasteiger partial charge in [-0.15, -0.1) is 0 Å². The Morgan fingerprint density at radius 1 is 1.20 bits per heavy atom. The van der Waals surface area contributed by atoms with E-state index in [0.29, 0.717) is 23.0 Å². The third-order valence-corrected chi connectivity index (χ3v) is 5.27. The summed E-state index contributed by atoms with van der Waals surface area (Å²) in [6.45, 7) is 3.85. The van der Waals surface area contributed by atoms with Crippen molar-refractivity contribution in [3.05, 3.63) is 70.0 Å². The molecule has 0 aliphatic carbocycles. The normalized spacial score (nSPS) is 17.0.